The van der Waals surface area contributed by atoms with Crippen molar-refractivity contribution >= 4 is 27.1 Å². The van der Waals surface area contributed by atoms with E-state index in [0.29, 0.717) is 22.2 Å². The molecule has 3 rings (SSSR count). The second-order valence-electron chi connectivity index (χ2n) is 6.51. The maximum absolute atomic E-state index is 14.2. The molecule has 11 heteroatoms. The van der Waals surface area contributed by atoms with E-state index in [-0.39, 0.29) is 25.0 Å². The molecule has 0 unspecified atom stereocenters. The first-order chi connectivity index (χ1) is 14.1. The Labute approximate surface area is 170 Å². The highest BCUT2D eigenvalue weighted by Gasteiger charge is 2.17. The predicted molar refractivity (Wildman–Crippen MR) is 105 cm³/mol. The quantitative estimate of drug-likeness (QED) is 0.423. The Balaban J connectivity index is 1.80. The summed E-state index contributed by atoms with van der Waals surface area (Å²) >= 11 is 0. The van der Waals surface area contributed by atoms with Crippen LogP contribution >= 0.6 is 0 Å². The zero-order valence-corrected chi connectivity index (χ0v) is 16.3. The first-order valence-corrected chi connectivity index (χ1v) is 10.5. The Morgan fingerprint density at radius 3 is 2.33 bits per heavy atom. The fraction of sp³-hybridized carbons (Fsp3) is 0.211. The molecule has 3 aromatic rings. The lowest BCUT2D eigenvalue weighted by molar-refractivity contribution is 0.241. The predicted octanol–water partition coefficient (Wildman–Crippen LogP) is 2.98. The molecule has 0 saturated carbocycles. The Hall–Kier alpha value is -3.05. The number of carbonyl (C=O) groups excluding carboxylic acids is 1. The number of halogens is 3. The molecule has 0 spiro atoms. The highest BCUT2D eigenvalue weighted by atomic mass is 32.2. The van der Waals surface area contributed by atoms with Gasteiger partial charge in [-0.25, -0.2) is 18.0 Å². The summed E-state index contributed by atoms with van der Waals surface area (Å²) in [6.45, 7) is -0.216. The molecular weight excluding hydrogens is 423 g/mol. The molecule has 1 heterocycles. The van der Waals surface area contributed by atoms with Gasteiger partial charge in [-0.05, 0) is 47.9 Å². The molecule has 2 amide bonds. The van der Waals surface area contributed by atoms with Crippen LogP contribution < -0.4 is 10.6 Å². The normalized spacial score (nSPS) is 11.6. The minimum absolute atomic E-state index is 0.0665. The molecule has 0 aliphatic rings. The van der Waals surface area contributed by atoms with Crippen LogP contribution in [-0.4, -0.2) is 42.8 Å². The second kappa shape index (κ2) is 8.76. The molecule has 0 aliphatic heterocycles. The summed E-state index contributed by atoms with van der Waals surface area (Å²) in [6, 6.07) is 6.71. The van der Waals surface area contributed by atoms with Gasteiger partial charge in [0.25, 0.3) is 10.1 Å². The molecule has 0 bridgehead atoms. The highest BCUT2D eigenvalue weighted by Crippen LogP contribution is 2.32. The van der Waals surface area contributed by atoms with Crippen LogP contribution in [0, 0.1) is 17.5 Å². The van der Waals surface area contributed by atoms with Crippen molar-refractivity contribution in [3.05, 3.63) is 59.4 Å². The summed E-state index contributed by atoms with van der Waals surface area (Å²) in [4.78, 5) is 14.7. The Morgan fingerprint density at radius 1 is 1.00 bits per heavy atom. The fourth-order valence-corrected chi connectivity index (χ4v) is 3.41. The molecule has 0 saturated heterocycles. The number of fused-ring (bicyclic) bond motifs is 1. The van der Waals surface area contributed by atoms with Gasteiger partial charge in [0.2, 0.25) is 0 Å². The molecule has 4 N–H and O–H groups in total. The number of amides is 2. The summed E-state index contributed by atoms with van der Waals surface area (Å²) in [5, 5.41) is 5.06. The van der Waals surface area contributed by atoms with Crippen molar-refractivity contribution in [2.24, 2.45) is 0 Å². The minimum Gasteiger partial charge on any atom is -0.352 e. The van der Waals surface area contributed by atoms with Gasteiger partial charge in [0.1, 0.15) is 17.5 Å². The van der Waals surface area contributed by atoms with Crippen molar-refractivity contribution in [2.75, 3.05) is 18.8 Å². The van der Waals surface area contributed by atoms with Crippen LogP contribution in [-0.2, 0) is 16.5 Å². The molecule has 0 radical (unpaired) electrons. The van der Waals surface area contributed by atoms with Gasteiger partial charge in [0.15, 0.2) is 0 Å². The van der Waals surface area contributed by atoms with Gasteiger partial charge in [0, 0.05) is 30.2 Å². The third-order valence-corrected chi connectivity index (χ3v) is 5.09. The van der Waals surface area contributed by atoms with Crippen LogP contribution in [0.1, 0.15) is 5.56 Å². The monoisotopic (exact) mass is 441 g/mol. The van der Waals surface area contributed by atoms with Crippen LogP contribution in [0.4, 0.5) is 18.0 Å². The molecular formula is C19H18F3N3O4S. The Morgan fingerprint density at radius 2 is 1.67 bits per heavy atom. The zero-order valence-electron chi connectivity index (χ0n) is 15.5. The van der Waals surface area contributed by atoms with Crippen molar-refractivity contribution in [3.8, 4) is 11.3 Å². The van der Waals surface area contributed by atoms with E-state index in [1.165, 1.54) is 30.3 Å². The second-order valence-corrected chi connectivity index (χ2v) is 8.09. The number of nitrogens with one attached hydrogen (secondary N) is 3. The van der Waals surface area contributed by atoms with Gasteiger partial charge < -0.3 is 15.6 Å². The summed E-state index contributed by atoms with van der Waals surface area (Å²) in [6.07, 6.45) is 0.182. The number of carbonyl (C=O) groups is 1. The smallest absolute Gasteiger partial charge is 0.314 e. The van der Waals surface area contributed by atoms with Crippen molar-refractivity contribution < 1.29 is 30.9 Å². The van der Waals surface area contributed by atoms with Crippen LogP contribution in [0.3, 0.4) is 0 Å². The van der Waals surface area contributed by atoms with Crippen LogP contribution in [0.5, 0.6) is 0 Å². The van der Waals surface area contributed by atoms with Gasteiger partial charge in [-0.15, -0.1) is 0 Å². The number of aromatic amines is 1. The molecule has 0 atom stereocenters. The third-order valence-electron chi connectivity index (χ3n) is 4.37. The van der Waals surface area contributed by atoms with Gasteiger partial charge in [0.05, 0.1) is 11.3 Å². The van der Waals surface area contributed by atoms with E-state index in [1.54, 1.807) is 0 Å². The lowest BCUT2D eigenvalue weighted by Crippen LogP contribution is -2.38. The number of rotatable bonds is 7. The SMILES string of the molecule is O=C(NCCc1c(-c2ccc(F)cc2)[nH]c2c(F)cc(F)cc12)NCCS(=O)(=O)O. The summed E-state index contributed by atoms with van der Waals surface area (Å²) in [5.74, 6) is -2.62. The number of aromatic nitrogens is 1. The summed E-state index contributed by atoms with van der Waals surface area (Å²) < 4.78 is 71.2. The molecule has 1 aromatic heterocycles. The van der Waals surface area contributed by atoms with E-state index in [2.05, 4.69) is 15.6 Å². The van der Waals surface area contributed by atoms with Crippen LogP contribution in [0.15, 0.2) is 36.4 Å². The average molecular weight is 441 g/mol. The molecule has 2 aromatic carbocycles. The number of H-pyrrole nitrogens is 1. The molecule has 0 fully saturated rings. The number of benzene rings is 2. The zero-order chi connectivity index (χ0) is 21.9. The van der Waals surface area contributed by atoms with Gasteiger partial charge in [-0.2, -0.15) is 8.42 Å². The van der Waals surface area contributed by atoms with Crippen molar-refractivity contribution in [3.63, 3.8) is 0 Å². The topological polar surface area (TPSA) is 111 Å². The Kier molecular flexibility index (Phi) is 6.32. The lowest BCUT2D eigenvalue weighted by Gasteiger charge is -2.09. The maximum Gasteiger partial charge on any atom is 0.314 e. The molecule has 7 nitrogen and oxygen atoms in total. The van der Waals surface area contributed by atoms with Gasteiger partial charge in [-0.1, -0.05) is 0 Å². The minimum atomic E-state index is -4.19. The fourth-order valence-electron chi connectivity index (χ4n) is 3.05. The Bertz CT molecular complexity index is 1180. The molecule has 30 heavy (non-hydrogen) atoms. The van der Waals surface area contributed by atoms with Crippen LogP contribution in [0.25, 0.3) is 22.2 Å². The third kappa shape index (κ3) is 5.30. The maximum atomic E-state index is 14.2. The first kappa shape index (κ1) is 21.7. The van der Waals surface area contributed by atoms with E-state index < -0.39 is 39.4 Å². The first-order valence-electron chi connectivity index (χ1n) is 8.86. The highest BCUT2D eigenvalue weighted by molar-refractivity contribution is 7.85. The van der Waals surface area contributed by atoms with E-state index >= 15 is 0 Å². The van der Waals surface area contributed by atoms with E-state index in [4.69, 9.17) is 4.55 Å². The summed E-state index contributed by atoms with van der Waals surface area (Å²) in [5.41, 5.74) is 1.62. The van der Waals surface area contributed by atoms with Gasteiger partial charge >= 0.3 is 6.03 Å². The van der Waals surface area contributed by atoms with E-state index in [1.807, 2.05) is 0 Å². The van der Waals surface area contributed by atoms with Crippen molar-refractivity contribution in [1.29, 1.82) is 0 Å². The number of urea groups is 1. The standard InChI is InChI=1S/C19H18F3N3O4S/c20-12-3-1-11(2-4-12)17-14(15-9-13(21)10-16(22)18(15)25-17)5-6-23-19(26)24-7-8-30(27,28)29/h1-4,9-10,25H,5-8H2,(H2,23,24,26)(H,27,28,29). The van der Waals surface area contributed by atoms with Crippen LogP contribution in [0.2, 0.25) is 0 Å². The van der Waals surface area contributed by atoms with Gasteiger partial charge in [-0.3, -0.25) is 4.55 Å². The average Bonchev–Trinajstić information content (AvgIpc) is 3.00. The van der Waals surface area contributed by atoms with E-state index in [0.717, 1.165) is 6.07 Å². The largest absolute Gasteiger partial charge is 0.352 e. The molecule has 0 aliphatic carbocycles. The lowest BCUT2D eigenvalue weighted by atomic mass is 10.0. The van der Waals surface area contributed by atoms with E-state index in [9.17, 15) is 26.4 Å². The van der Waals surface area contributed by atoms with Crippen molar-refractivity contribution in [2.45, 2.75) is 6.42 Å². The number of hydrogen-bond acceptors (Lipinski definition) is 3. The number of hydrogen-bond donors (Lipinski definition) is 4. The van der Waals surface area contributed by atoms with Crippen molar-refractivity contribution in [1.82, 2.24) is 15.6 Å². The summed E-state index contributed by atoms with van der Waals surface area (Å²) in [7, 11) is -4.19. The molecule has 160 valence electrons.